The Morgan fingerprint density at radius 2 is 2.05 bits per heavy atom. The molecule has 0 aromatic carbocycles. The van der Waals surface area contributed by atoms with E-state index in [1.165, 1.54) is 17.7 Å². The SMILES string of the molecule is CC1NC(c2cccs2)N(C2CCC(C)(C)CC2)C1=O. The van der Waals surface area contributed by atoms with Gasteiger partial charge in [0.15, 0.2) is 0 Å². The first-order valence-electron chi connectivity index (χ1n) is 7.59. The van der Waals surface area contributed by atoms with E-state index in [9.17, 15) is 4.79 Å². The van der Waals surface area contributed by atoms with E-state index in [2.05, 4.69) is 41.6 Å². The summed E-state index contributed by atoms with van der Waals surface area (Å²) < 4.78 is 0. The zero-order chi connectivity index (χ0) is 14.3. The van der Waals surface area contributed by atoms with Gasteiger partial charge in [-0.3, -0.25) is 10.1 Å². The second kappa shape index (κ2) is 5.15. The van der Waals surface area contributed by atoms with Crippen LogP contribution in [0.25, 0.3) is 0 Å². The van der Waals surface area contributed by atoms with Crippen LogP contribution in [-0.4, -0.2) is 22.9 Å². The molecule has 2 fully saturated rings. The molecule has 1 saturated carbocycles. The standard InChI is InChI=1S/C16H24N2OS/c1-11-15(19)18(12-6-8-16(2,3)9-7-12)14(17-11)13-5-4-10-20-13/h4-5,10-12,14,17H,6-9H2,1-3H3. The summed E-state index contributed by atoms with van der Waals surface area (Å²) in [5.41, 5.74) is 0.441. The molecule has 0 spiro atoms. The maximum Gasteiger partial charge on any atom is 0.241 e. The minimum absolute atomic E-state index is 0.0583. The molecule has 1 aromatic heterocycles. The van der Waals surface area contributed by atoms with Crippen LogP contribution in [0.5, 0.6) is 0 Å². The van der Waals surface area contributed by atoms with Gasteiger partial charge in [0.05, 0.1) is 6.04 Å². The second-order valence-electron chi connectivity index (χ2n) is 6.95. The molecule has 4 heteroatoms. The summed E-state index contributed by atoms with van der Waals surface area (Å²) in [4.78, 5) is 15.9. The summed E-state index contributed by atoms with van der Waals surface area (Å²) in [5.74, 6) is 0.271. The third-order valence-electron chi connectivity index (χ3n) is 4.83. The highest BCUT2D eigenvalue weighted by Crippen LogP contribution is 2.40. The van der Waals surface area contributed by atoms with Crippen molar-refractivity contribution >= 4 is 17.2 Å². The Morgan fingerprint density at radius 1 is 1.35 bits per heavy atom. The van der Waals surface area contributed by atoms with Gasteiger partial charge in [-0.15, -0.1) is 11.3 Å². The van der Waals surface area contributed by atoms with Gasteiger partial charge in [-0.05, 0) is 49.5 Å². The van der Waals surface area contributed by atoms with Gasteiger partial charge in [0, 0.05) is 10.9 Å². The maximum atomic E-state index is 12.5. The molecule has 3 nitrogen and oxygen atoms in total. The lowest BCUT2D eigenvalue weighted by Gasteiger charge is -2.40. The number of nitrogens with zero attached hydrogens (tertiary/aromatic N) is 1. The monoisotopic (exact) mass is 292 g/mol. The highest BCUT2D eigenvalue weighted by molar-refractivity contribution is 7.10. The van der Waals surface area contributed by atoms with Gasteiger partial charge in [0.2, 0.25) is 5.91 Å². The molecular formula is C16H24N2OS. The molecule has 1 aliphatic heterocycles. The van der Waals surface area contributed by atoms with Gasteiger partial charge in [0.1, 0.15) is 6.17 Å². The molecule has 0 radical (unpaired) electrons. The van der Waals surface area contributed by atoms with Crippen LogP contribution in [0.15, 0.2) is 17.5 Å². The lowest BCUT2D eigenvalue weighted by Crippen LogP contribution is -2.43. The van der Waals surface area contributed by atoms with Crippen molar-refractivity contribution in [1.29, 1.82) is 0 Å². The zero-order valence-electron chi connectivity index (χ0n) is 12.6. The van der Waals surface area contributed by atoms with Crippen LogP contribution >= 0.6 is 11.3 Å². The molecular weight excluding hydrogens is 268 g/mol. The van der Waals surface area contributed by atoms with Crippen LogP contribution < -0.4 is 5.32 Å². The van der Waals surface area contributed by atoms with Gasteiger partial charge in [-0.25, -0.2) is 0 Å². The largest absolute Gasteiger partial charge is 0.318 e. The van der Waals surface area contributed by atoms with E-state index in [1.54, 1.807) is 11.3 Å². The predicted molar refractivity (Wildman–Crippen MR) is 82.5 cm³/mol. The number of carbonyl (C=O) groups excluding carboxylic acids is 1. The fourth-order valence-electron chi connectivity index (χ4n) is 3.46. The van der Waals surface area contributed by atoms with Crippen LogP contribution in [0.4, 0.5) is 0 Å². The lowest BCUT2D eigenvalue weighted by molar-refractivity contribution is -0.133. The Morgan fingerprint density at radius 3 is 2.65 bits per heavy atom. The van der Waals surface area contributed by atoms with Gasteiger partial charge in [-0.1, -0.05) is 19.9 Å². The Labute approximate surface area is 125 Å². The molecule has 20 heavy (non-hydrogen) atoms. The van der Waals surface area contributed by atoms with Crippen LogP contribution in [0.2, 0.25) is 0 Å². The summed E-state index contributed by atoms with van der Waals surface area (Å²) in [6, 6.07) is 4.54. The minimum atomic E-state index is -0.0583. The fraction of sp³-hybridized carbons (Fsp3) is 0.688. The molecule has 1 aromatic rings. The number of rotatable bonds is 2. The Bertz CT molecular complexity index is 473. The smallest absolute Gasteiger partial charge is 0.241 e. The molecule has 110 valence electrons. The Hall–Kier alpha value is -0.870. The molecule has 1 saturated heterocycles. The molecule has 2 unspecified atom stereocenters. The minimum Gasteiger partial charge on any atom is -0.318 e. The molecule has 1 amide bonds. The second-order valence-corrected chi connectivity index (χ2v) is 7.93. The normalized spacial score (nSPS) is 30.9. The Kier molecular flexibility index (Phi) is 3.63. The van der Waals surface area contributed by atoms with Gasteiger partial charge >= 0.3 is 0 Å². The quantitative estimate of drug-likeness (QED) is 0.904. The molecule has 1 N–H and O–H groups in total. The predicted octanol–water partition coefficient (Wildman–Crippen LogP) is 3.54. The van der Waals surface area contributed by atoms with E-state index in [-0.39, 0.29) is 18.1 Å². The van der Waals surface area contributed by atoms with E-state index < -0.39 is 0 Å². The van der Waals surface area contributed by atoms with Crippen molar-refractivity contribution in [2.75, 3.05) is 0 Å². The molecule has 0 bridgehead atoms. The van der Waals surface area contributed by atoms with Crippen LogP contribution in [-0.2, 0) is 4.79 Å². The average Bonchev–Trinajstić information content (AvgIpc) is 3.00. The summed E-state index contributed by atoms with van der Waals surface area (Å²) in [7, 11) is 0. The lowest BCUT2D eigenvalue weighted by atomic mass is 9.75. The first kappa shape index (κ1) is 14.1. The third-order valence-corrected chi connectivity index (χ3v) is 5.75. The van der Waals surface area contributed by atoms with E-state index in [0.29, 0.717) is 11.5 Å². The van der Waals surface area contributed by atoms with E-state index >= 15 is 0 Å². The number of thiophene rings is 1. The first-order chi connectivity index (χ1) is 9.48. The van der Waals surface area contributed by atoms with Crippen molar-refractivity contribution in [3.8, 4) is 0 Å². The van der Waals surface area contributed by atoms with Gasteiger partial charge in [0.25, 0.3) is 0 Å². The highest BCUT2D eigenvalue weighted by atomic mass is 32.1. The average molecular weight is 292 g/mol. The van der Waals surface area contributed by atoms with Crippen molar-refractivity contribution in [3.05, 3.63) is 22.4 Å². The summed E-state index contributed by atoms with van der Waals surface area (Å²) >= 11 is 1.74. The van der Waals surface area contributed by atoms with Crippen LogP contribution in [0, 0.1) is 5.41 Å². The number of amides is 1. The van der Waals surface area contributed by atoms with Crippen LogP contribution in [0.1, 0.15) is 57.5 Å². The van der Waals surface area contributed by atoms with Crippen LogP contribution in [0.3, 0.4) is 0 Å². The maximum absolute atomic E-state index is 12.5. The Balaban J connectivity index is 1.80. The fourth-order valence-corrected chi connectivity index (χ4v) is 4.24. The zero-order valence-corrected chi connectivity index (χ0v) is 13.4. The molecule has 3 rings (SSSR count). The van der Waals surface area contributed by atoms with Gasteiger partial charge in [-0.2, -0.15) is 0 Å². The van der Waals surface area contributed by atoms with Gasteiger partial charge < -0.3 is 4.90 Å². The number of nitrogens with one attached hydrogen (secondary N) is 1. The molecule has 1 aliphatic carbocycles. The number of hydrogen-bond donors (Lipinski definition) is 1. The summed E-state index contributed by atoms with van der Waals surface area (Å²) in [5, 5.41) is 5.55. The van der Waals surface area contributed by atoms with E-state index in [1.807, 2.05) is 6.92 Å². The topological polar surface area (TPSA) is 32.3 Å². The number of hydrogen-bond acceptors (Lipinski definition) is 3. The number of carbonyl (C=O) groups is 1. The van der Waals surface area contributed by atoms with Crippen molar-refractivity contribution in [1.82, 2.24) is 10.2 Å². The molecule has 2 heterocycles. The van der Waals surface area contributed by atoms with Crippen molar-refractivity contribution in [3.63, 3.8) is 0 Å². The van der Waals surface area contributed by atoms with E-state index in [0.717, 1.165) is 12.8 Å². The van der Waals surface area contributed by atoms with E-state index in [4.69, 9.17) is 0 Å². The summed E-state index contributed by atoms with van der Waals surface area (Å²) in [6.45, 7) is 6.66. The summed E-state index contributed by atoms with van der Waals surface area (Å²) in [6.07, 6.45) is 4.79. The third kappa shape index (κ3) is 2.51. The van der Waals surface area contributed by atoms with Crippen molar-refractivity contribution in [2.45, 2.75) is 64.7 Å². The van der Waals surface area contributed by atoms with Crippen molar-refractivity contribution in [2.24, 2.45) is 5.41 Å². The molecule has 2 atom stereocenters. The molecule has 2 aliphatic rings. The first-order valence-corrected chi connectivity index (χ1v) is 8.47. The highest BCUT2D eigenvalue weighted by Gasteiger charge is 2.43. The van der Waals surface area contributed by atoms with Crippen molar-refractivity contribution < 1.29 is 4.79 Å².